The van der Waals surface area contributed by atoms with E-state index in [4.69, 9.17) is 4.74 Å². The van der Waals surface area contributed by atoms with Crippen LogP contribution in [0.2, 0.25) is 0 Å². The SMILES string of the molecule is O=C(c1ccccc1)c1ccc(N2CCCCC2CN2CCOCC2)c([N+](=O)[O-])c1. The minimum Gasteiger partial charge on any atom is -0.379 e. The van der Waals surface area contributed by atoms with Crippen molar-refractivity contribution >= 4 is 17.2 Å². The van der Waals surface area contributed by atoms with Gasteiger partial charge in [-0.3, -0.25) is 19.8 Å². The normalized spacial score (nSPS) is 20.1. The van der Waals surface area contributed by atoms with Crippen LogP contribution in [-0.4, -0.2) is 61.0 Å². The second-order valence-electron chi connectivity index (χ2n) is 7.91. The van der Waals surface area contributed by atoms with Crippen LogP contribution in [0.4, 0.5) is 11.4 Å². The Morgan fingerprint density at radius 3 is 2.53 bits per heavy atom. The lowest BCUT2D eigenvalue weighted by Crippen LogP contribution is -2.49. The van der Waals surface area contributed by atoms with Crippen LogP contribution in [0.25, 0.3) is 0 Å². The number of anilines is 1. The summed E-state index contributed by atoms with van der Waals surface area (Å²) in [6.45, 7) is 4.95. The molecule has 0 aromatic heterocycles. The summed E-state index contributed by atoms with van der Waals surface area (Å²) in [5, 5.41) is 11.9. The average Bonchev–Trinajstić information content (AvgIpc) is 2.80. The molecule has 0 bridgehead atoms. The molecular formula is C23H27N3O4. The lowest BCUT2D eigenvalue weighted by atomic mass is 9.98. The third-order valence-corrected chi connectivity index (χ3v) is 5.98. The molecule has 0 spiro atoms. The van der Waals surface area contributed by atoms with Gasteiger partial charge in [-0.15, -0.1) is 0 Å². The highest BCUT2D eigenvalue weighted by molar-refractivity contribution is 6.09. The van der Waals surface area contributed by atoms with Crippen molar-refractivity contribution in [3.8, 4) is 0 Å². The van der Waals surface area contributed by atoms with Gasteiger partial charge < -0.3 is 9.64 Å². The van der Waals surface area contributed by atoms with Crippen molar-refractivity contribution in [1.29, 1.82) is 0 Å². The molecule has 2 fully saturated rings. The van der Waals surface area contributed by atoms with Crippen LogP contribution in [0.3, 0.4) is 0 Å². The second kappa shape index (κ2) is 9.36. The van der Waals surface area contributed by atoms with Gasteiger partial charge in [0.2, 0.25) is 0 Å². The molecule has 0 radical (unpaired) electrons. The van der Waals surface area contributed by atoms with E-state index in [2.05, 4.69) is 9.80 Å². The van der Waals surface area contributed by atoms with E-state index in [0.717, 1.165) is 58.7 Å². The van der Waals surface area contributed by atoms with Crippen LogP contribution >= 0.6 is 0 Å². The molecule has 0 saturated carbocycles. The molecule has 2 aliphatic heterocycles. The molecule has 1 unspecified atom stereocenters. The highest BCUT2D eigenvalue weighted by atomic mass is 16.6. The number of carbonyl (C=O) groups is 1. The molecule has 2 aromatic carbocycles. The Bertz CT molecular complexity index is 897. The molecule has 2 heterocycles. The predicted molar refractivity (Wildman–Crippen MR) is 115 cm³/mol. The van der Waals surface area contributed by atoms with Gasteiger partial charge in [0.1, 0.15) is 5.69 Å². The summed E-state index contributed by atoms with van der Waals surface area (Å²) in [5.74, 6) is -0.200. The predicted octanol–water partition coefficient (Wildman–Crippen LogP) is 3.52. The van der Waals surface area contributed by atoms with E-state index in [1.807, 2.05) is 6.07 Å². The summed E-state index contributed by atoms with van der Waals surface area (Å²) in [6.07, 6.45) is 3.16. The summed E-state index contributed by atoms with van der Waals surface area (Å²) < 4.78 is 5.45. The quantitative estimate of drug-likeness (QED) is 0.413. The van der Waals surface area contributed by atoms with E-state index in [9.17, 15) is 14.9 Å². The Labute approximate surface area is 176 Å². The third kappa shape index (κ3) is 4.52. The van der Waals surface area contributed by atoms with Crippen molar-refractivity contribution in [2.24, 2.45) is 0 Å². The minimum absolute atomic E-state index is 0.00524. The number of benzene rings is 2. The lowest BCUT2D eigenvalue weighted by molar-refractivity contribution is -0.384. The van der Waals surface area contributed by atoms with E-state index in [1.54, 1.807) is 36.4 Å². The number of nitrogens with zero attached hydrogens (tertiary/aromatic N) is 3. The molecule has 7 nitrogen and oxygen atoms in total. The summed E-state index contributed by atoms with van der Waals surface area (Å²) in [6, 6.07) is 14.0. The fraction of sp³-hybridized carbons (Fsp3) is 0.435. The standard InChI is InChI=1S/C23H27N3O4/c27-23(18-6-2-1-3-7-18)19-9-10-21(22(16-19)26(28)29)25-11-5-4-8-20(25)17-24-12-14-30-15-13-24/h1-3,6-7,9-10,16,20H,4-5,8,11-15,17H2. The summed E-state index contributed by atoms with van der Waals surface area (Å²) in [7, 11) is 0. The molecule has 2 aliphatic rings. The zero-order valence-electron chi connectivity index (χ0n) is 17.0. The van der Waals surface area contributed by atoms with Gasteiger partial charge in [-0.2, -0.15) is 0 Å². The van der Waals surface area contributed by atoms with Gasteiger partial charge >= 0.3 is 0 Å². The maximum absolute atomic E-state index is 12.8. The number of ketones is 1. The Balaban J connectivity index is 1.61. The third-order valence-electron chi connectivity index (χ3n) is 5.98. The molecular weight excluding hydrogens is 382 g/mol. The molecule has 1 atom stereocenters. The van der Waals surface area contributed by atoms with Crippen molar-refractivity contribution < 1.29 is 14.5 Å². The summed E-state index contributed by atoms with van der Waals surface area (Å²) in [5.41, 5.74) is 1.49. The number of morpholine rings is 1. The first-order valence-electron chi connectivity index (χ1n) is 10.6. The van der Waals surface area contributed by atoms with E-state index in [-0.39, 0.29) is 22.4 Å². The Morgan fingerprint density at radius 1 is 1.03 bits per heavy atom. The second-order valence-corrected chi connectivity index (χ2v) is 7.91. The molecule has 0 N–H and O–H groups in total. The number of ether oxygens (including phenoxy) is 1. The number of hydrogen-bond donors (Lipinski definition) is 0. The fourth-order valence-electron chi connectivity index (χ4n) is 4.40. The van der Waals surface area contributed by atoms with Crippen LogP contribution in [0.15, 0.2) is 48.5 Å². The van der Waals surface area contributed by atoms with Crippen molar-refractivity contribution in [2.75, 3.05) is 44.3 Å². The van der Waals surface area contributed by atoms with Crippen molar-refractivity contribution in [2.45, 2.75) is 25.3 Å². The first-order chi connectivity index (χ1) is 14.6. The monoisotopic (exact) mass is 409 g/mol. The zero-order chi connectivity index (χ0) is 20.9. The van der Waals surface area contributed by atoms with Gasteiger partial charge in [0.05, 0.1) is 18.1 Å². The van der Waals surface area contributed by atoms with Crippen LogP contribution in [-0.2, 0) is 4.74 Å². The van der Waals surface area contributed by atoms with Gasteiger partial charge in [0.15, 0.2) is 5.78 Å². The molecule has 158 valence electrons. The molecule has 7 heteroatoms. The minimum atomic E-state index is -0.364. The molecule has 30 heavy (non-hydrogen) atoms. The molecule has 0 aliphatic carbocycles. The highest BCUT2D eigenvalue weighted by Crippen LogP contribution is 2.34. The van der Waals surface area contributed by atoms with E-state index >= 15 is 0 Å². The topological polar surface area (TPSA) is 75.9 Å². The number of hydrogen-bond acceptors (Lipinski definition) is 6. The van der Waals surface area contributed by atoms with Gasteiger partial charge in [-0.05, 0) is 31.4 Å². The number of nitro benzene ring substituents is 1. The lowest BCUT2D eigenvalue weighted by Gasteiger charge is -2.40. The zero-order valence-corrected chi connectivity index (χ0v) is 17.0. The number of carbonyl (C=O) groups excluding carboxylic acids is 1. The summed E-state index contributed by atoms with van der Waals surface area (Å²) >= 11 is 0. The van der Waals surface area contributed by atoms with E-state index < -0.39 is 0 Å². The van der Waals surface area contributed by atoms with E-state index in [1.165, 1.54) is 6.07 Å². The maximum atomic E-state index is 12.8. The van der Waals surface area contributed by atoms with Crippen LogP contribution < -0.4 is 4.90 Å². The highest BCUT2D eigenvalue weighted by Gasteiger charge is 2.30. The average molecular weight is 409 g/mol. The number of piperidine rings is 1. The fourth-order valence-corrected chi connectivity index (χ4v) is 4.40. The summed E-state index contributed by atoms with van der Waals surface area (Å²) in [4.78, 5) is 28.9. The van der Waals surface area contributed by atoms with Gasteiger partial charge in [-0.1, -0.05) is 30.3 Å². The molecule has 0 amide bonds. The van der Waals surface area contributed by atoms with Gasteiger partial charge in [0.25, 0.3) is 5.69 Å². The van der Waals surface area contributed by atoms with Gasteiger partial charge in [-0.25, -0.2) is 0 Å². The number of nitro groups is 1. The smallest absolute Gasteiger partial charge is 0.293 e. The Kier molecular flexibility index (Phi) is 6.40. The van der Waals surface area contributed by atoms with Crippen molar-refractivity contribution in [3.63, 3.8) is 0 Å². The van der Waals surface area contributed by atoms with Crippen LogP contribution in [0.1, 0.15) is 35.2 Å². The van der Waals surface area contributed by atoms with Crippen LogP contribution in [0.5, 0.6) is 0 Å². The Morgan fingerprint density at radius 2 is 1.80 bits per heavy atom. The molecule has 2 saturated heterocycles. The molecule has 2 aromatic rings. The first-order valence-corrected chi connectivity index (χ1v) is 10.6. The van der Waals surface area contributed by atoms with Crippen molar-refractivity contribution in [3.05, 3.63) is 69.8 Å². The number of rotatable bonds is 6. The van der Waals surface area contributed by atoms with Crippen molar-refractivity contribution in [1.82, 2.24) is 4.90 Å². The van der Waals surface area contributed by atoms with E-state index in [0.29, 0.717) is 16.8 Å². The first kappa shape index (κ1) is 20.5. The molecule has 4 rings (SSSR count). The van der Waals surface area contributed by atoms with Gasteiger partial charge in [0, 0.05) is 49.4 Å². The van der Waals surface area contributed by atoms with Crippen LogP contribution in [0, 0.1) is 10.1 Å². The largest absolute Gasteiger partial charge is 0.379 e. The maximum Gasteiger partial charge on any atom is 0.293 e. The Hall–Kier alpha value is -2.77.